The Morgan fingerprint density at radius 1 is 1.26 bits per heavy atom. The number of rotatable bonds is 7. The Morgan fingerprint density at radius 3 is 2.56 bits per heavy atom. The fraction of sp³-hybridized carbons (Fsp3) is 0.526. The number of aliphatic imine (C=N–C) groups is 1. The van der Waals surface area contributed by atoms with Crippen molar-refractivity contribution >= 4 is 17.6 Å². The predicted octanol–water partition coefficient (Wildman–Crippen LogP) is 3.54. The molecule has 7 nitrogen and oxygen atoms in total. The highest BCUT2D eigenvalue weighted by molar-refractivity contribution is 6.30. The Hall–Kier alpha value is -2.28. The standard InChI is InChI=1S/C19H28ClN5O2/c1-6-21-18(23-12-16-24-17(27-25-16)19(3,4)5)22-11-13(2)26-15-9-7-14(20)8-10-15/h7-10,13H,6,11-12H2,1-5H3,(H2,21,22,23). The third-order valence-electron chi connectivity index (χ3n) is 3.54. The van der Waals surface area contributed by atoms with E-state index in [4.69, 9.17) is 20.9 Å². The molecule has 148 valence electrons. The molecule has 8 heteroatoms. The summed E-state index contributed by atoms with van der Waals surface area (Å²) in [6.07, 6.45) is -0.0484. The average molecular weight is 394 g/mol. The van der Waals surface area contributed by atoms with Gasteiger partial charge in [-0.05, 0) is 38.1 Å². The second-order valence-corrected chi connectivity index (χ2v) is 7.66. The van der Waals surface area contributed by atoms with Gasteiger partial charge in [-0.1, -0.05) is 37.5 Å². The molecule has 0 spiro atoms. The van der Waals surface area contributed by atoms with Gasteiger partial charge in [0, 0.05) is 17.0 Å². The molecule has 0 amide bonds. The first-order valence-corrected chi connectivity index (χ1v) is 9.43. The zero-order valence-electron chi connectivity index (χ0n) is 16.5. The molecular weight excluding hydrogens is 366 g/mol. The first kappa shape index (κ1) is 21.0. The lowest BCUT2D eigenvalue weighted by molar-refractivity contribution is 0.224. The van der Waals surface area contributed by atoms with Crippen molar-refractivity contribution < 1.29 is 9.26 Å². The van der Waals surface area contributed by atoms with Gasteiger partial charge in [0.05, 0.1) is 6.54 Å². The van der Waals surface area contributed by atoms with Gasteiger partial charge < -0.3 is 19.9 Å². The molecule has 1 heterocycles. The Labute approximate surface area is 165 Å². The van der Waals surface area contributed by atoms with E-state index in [9.17, 15) is 0 Å². The first-order chi connectivity index (χ1) is 12.8. The molecule has 0 aliphatic heterocycles. The zero-order chi connectivity index (χ0) is 19.9. The van der Waals surface area contributed by atoms with Crippen LogP contribution in [0.1, 0.15) is 46.3 Å². The molecule has 27 heavy (non-hydrogen) atoms. The Balaban J connectivity index is 1.89. The van der Waals surface area contributed by atoms with Crippen LogP contribution in [0.3, 0.4) is 0 Å². The molecule has 0 saturated carbocycles. The Bertz CT molecular complexity index is 737. The lowest BCUT2D eigenvalue weighted by Gasteiger charge is -2.17. The second kappa shape index (κ2) is 9.60. The number of benzene rings is 1. The van der Waals surface area contributed by atoms with E-state index >= 15 is 0 Å². The summed E-state index contributed by atoms with van der Waals surface area (Å²) in [6.45, 7) is 11.8. The topological polar surface area (TPSA) is 84.6 Å². The predicted molar refractivity (Wildman–Crippen MR) is 107 cm³/mol. The molecule has 0 saturated heterocycles. The molecule has 0 radical (unpaired) electrons. The van der Waals surface area contributed by atoms with E-state index in [1.54, 1.807) is 12.1 Å². The fourth-order valence-electron chi connectivity index (χ4n) is 2.14. The molecule has 0 fully saturated rings. The highest BCUT2D eigenvalue weighted by Crippen LogP contribution is 2.19. The van der Waals surface area contributed by atoms with Crippen LogP contribution < -0.4 is 15.4 Å². The number of nitrogens with zero attached hydrogens (tertiary/aromatic N) is 3. The first-order valence-electron chi connectivity index (χ1n) is 9.05. The summed E-state index contributed by atoms with van der Waals surface area (Å²) in [5, 5.41) is 11.1. The van der Waals surface area contributed by atoms with Crippen molar-refractivity contribution in [2.24, 2.45) is 4.99 Å². The summed E-state index contributed by atoms with van der Waals surface area (Å²) in [5.74, 6) is 2.61. The number of hydrogen-bond donors (Lipinski definition) is 2. The van der Waals surface area contributed by atoms with Crippen molar-refractivity contribution in [1.29, 1.82) is 0 Å². The van der Waals surface area contributed by atoms with Crippen molar-refractivity contribution in [1.82, 2.24) is 20.8 Å². The largest absolute Gasteiger partial charge is 0.489 e. The maximum atomic E-state index is 5.89. The number of halogens is 1. The molecule has 0 aliphatic rings. The second-order valence-electron chi connectivity index (χ2n) is 7.22. The van der Waals surface area contributed by atoms with E-state index in [1.807, 2.05) is 46.8 Å². The van der Waals surface area contributed by atoms with E-state index in [0.29, 0.717) is 35.8 Å². The van der Waals surface area contributed by atoms with Crippen LogP contribution in [0.25, 0.3) is 0 Å². The molecule has 0 aliphatic carbocycles. The number of nitrogens with one attached hydrogen (secondary N) is 2. The van der Waals surface area contributed by atoms with Crippen LogP contribution in [0, 0.1) is 0 Å². The summed E-state index contributed by atoms with van der Waals surface area (Å²) >= 11 is 5.89. The van der Waals surface area contributed by atoms with Gasteiger partial charge in [0.2, 0.25) is 5.89 Å². The molecule has 1 unspecified atom stereocenters. The van der Waals surface area contributed by atoms with Crippen LogP contribution >= 0.6 is 11.6 Å². The molecule has 0 bridgehead atoms. The summed E-state index contributed by atoms with van der Waals surface area (Å²) in [6, 6.07) is 7.31. The summed E-state index contributed by atoms with van der Waals surface area (Å²) in [5.41, 5.74) is -0.174. The van der Waals surface area contributed by atoms with Gasteiger partial charge in [0.25, 0.3) is 0 Å². The molecule has 1 aromatic heterocycles. The van der Waals surface area contributed by atoms with Crippen LogP contribution in [-0.2, 0) is 12.0 Å². The van der Waals surface area contributed by atoms with Crippen molar-refractivity contribution in [2.45, 2.75) is 52.7 Å². The number of hydrogen-bond acceptors (Lipinski definition) is 5. The van der Waals surface area contributed by atoms with E-state index < -0.39 is 0 Å². The third kappa shape index (κ3) is 7.09. The molecule has 2 aromatic rings. The van der Waals surface area contributed by atoms with Gasteiger partial charge in [-0.25, -0.2) is 4.99 Å². The van der Waals surface area contributed by atoms with Crippen molar-refractivity contribution in [3.8, 4) is 5.75 Å². The van der Waals surface area contributed by atoms with Crippen molar-refractivity contribution in [3.63, 3.8) is 0 Å². The van der Waals surface area contributed by atoms with E-state index in [-0.39, 0.29) is 11.5 Å². The maximum Gasteiger partial charge on any atom is 0.232 e. The van der Waals surface area contributed by atoms with Crippen molar-refractivity contribution in [3.05, 3.63) is 41.0 Å². The van der Waals surface area contributed by atoms with Gasteiger partial charge >= 0.3 is 0 Å². The lowest BCUT2D eigenvalue weighted by atomic mass is 9.97. The van der Waals surface area contributed by atoms with Crippen LogP contribution in [0.2, 0.25) is 5.02 Å². The average Bonchev–Trinajstić information content (AvgIpc) is 3.09. The van der Waals surface area contributed by atoms with Crippen LogP contribution in [0.5, 0.6) is 5.75 Å². The van der Waals surface area contributed by atoms with Crippen molar-refractivity contribution in [2.75, 3.05) is 13.1 Å². The van der Waals surface area contributed by atoms with Crippen LogP contribution in [-0.4, -0.2) is 35.3 Å². The zero-order valence-corrected chi connectivity index (χ0v) is 17.3. The van der Waals surface area contributed by atoms with Gasteiger partial charge in [0.1, 0.15) is 18.4 Å². The van der Waals surface area contributed by atoms with Gasteiger partial charge in [0.15, 0.2) is 11.8 Å². The minimum absolute atomic E-state index is 0.0484. The SMILES string of the molecule is CCNC(=NCc1noc(C(C)(C)C)n1)NCC(C)Oc1ccc(Cl)cc1. The van der Waals surface area contributed by atoms with Crippen LogP contribution in [0.4, 0.5) is 0 Å². The summed E-state index contributed by atoms with van der Waals surface area (Å²) in [4.78, 5) is 8.90. The maximum absolute atomic E-state index is 5.89. The number of aromatic nitrogens is 2. The van der Waals surface area contributed by atoms with E-state index in [0.717, 1.165) is 12.3 Å². The number of guanidine groups is 1. The van der Waals surface area contributed by atoms with E-state index in [2.05, 4.69) is 25.8 Å². The fourth-order valence-corrected chi connectivity index (χ4v) is 2.27. The molecular formula is C19H28ClN5O2. The van der Waals surface area contributed by atoms with Gasteiger partial charge in [-0.2, -0.15) is 4.98 Å². The lowest BCUT2D eigenvalue weighted by Crippen LogP contribution is -2.41. The molecule has 2 rings (SSSR count). The number of ether oxygens (including phenoxy) is 1. The third-order valence-corrected chi connectivity index (χ3v) is 3.79. The van der Waals surface area contributed by atoms with Crippen LogP contribution in [0.15, 0.2) is 33.8 Å². The quantitative estimate of drug-likeness (QED) is 0.552. The summed E-state index contributed by atoms with van der Waals surface area (Å²) in [7, 11) is 0. The molecule has 1 atom stereocenters. The minimum atomic E-state index is -0.174. The van der Waals surface area contributed by atoms with Gasteiger partial charge in [-0.3, -0.25) is 0 Å². The smallest absolute Gasteiger partial charge is 0.232 e. The Morgan fingerprint density at radius 2 is 1.96 bits per heavy atom. The minimum Gasteiger partial charge on any atom is -0.489 e. The van der Waals surface area contributed by atoms with Gasteiger partial charge in [-0.15, -0.1) is 0 Å². The Kier molecular flexibility index (Phi) is 7.47. The normalized spacial score (nSPS) is 13.3. The molecule has 1 aromatic carbocycles. The highest BCUT2D eigenvalue weighted by atomic mass is 35.5. The monoisotopic (exact) mass is 393 g/mol. The van der Waals surface area contributed by atoms with E-state index in [1.165, 1.54) is 0 Å². The molecule has 2 N–H and O–H groups in total. The highest BCUT2D eigenvalue weighted by Gasteiger charge is 2.21. The summed E-state index contributed by atoms with van der Waals surface area (Å²) < 4.78 is 11.2.